The van der Waals surface area contributed by atoms with Gasteiger partial charge in [0.1, 0.15) is 5.02 Å². The van der Waals surface area contributed by atoms with Gasteiger partial charge in [0.25, 0.3) is 5.56 Å². The number of piperidine rings is 1. The first-order chi connectivity index (χ1) is 12.9. The van der Waals surface area contributed by atoms with Crippen molar-refractivity contribution in [2.45, 2.75) is 32.4 Å². The number of aromatic nitrogens is 2. The maximum Gasteiger partial charge on any atom is 0.287 e. The van der Waals surface area contributed by atoms with Crippen LogP contribution >= 0.6 is 11.6 Å². The Kier molecular flexibility index (Phi) is 6.18. The predicted molar refractivity (Wildman–Crippen MR) is 107 cm³/mol. The van der Waals surface area contributed by atoms with E-state index in [4.69, 9.17) is 11.6 Å². The zero-order valence-corrected chi connectivity index (χ0v) is 16.7. The van der Waals surface area contributed by atoms with E-state index in [1.165, 1.54) is 4.68 Å². The molecule has 27 heavy (non-hydrogen) atoms. The van der Waals surface area contributed by atoms with Crippen molar-refractivity contribution < 1.29 is 8.42 Å². The summed E-state index contributed by atoms with van der Waals surface area (Å²) in [5.74, 6) is 0.0720. The topological polar surface area (TPSA) is 84.3 Å². The predicted octanol–water partition coefficient (Wildman–Crippen LogP) is 1.85. The van der Waals surface area contributed by atoms with Crippen molar-refractivity contribution in [2.24, 2.45) is 0 Å². The Bertz CT molecular complexity index is 939. The molecule has 1 aromatic heterocycles. The van der Waals surface area contributed by atoms with Crippen LogP contribution in [0.4, 0.5) is 5.69 Å². The van der Waals surface area contributed by atoms with E-state index in [0.29, 0.717) is 38.2 Å². The quantitative estimate of drug-likeness (QED) is 0.785. The summed E-state index contributed by atoms with van der Waals surface area (Å²) < 4.78 is 27.5. The molecule has 9 heteroatoms. The van der Waals surface area contributed by atoms with Gasteiger partial charge in [0.2, 0.25) is 10.0 Å². The minimum atomic E-state index is -3.21. The van der Waals surface area contributed by atoms with Crippen molar-refractivity contribution >= 4 is 27.3 Å². The molecule has 1 aliphatic heterocycles. The first kappa shape index (κ1) is 19.9. The molecule has 146 valence electrons. The minimum Gasteiger partial charge on any atom is -0.369 e. The summed E-state index contributed by atoms with van der Waals surface area (Å²) in [4.78, 5) is 14.6. The summed E-state index contributed by atoms with van der Waals surface area (Å²) in [6, 6.07) is 9.51. The van der Waals surface area contributed by atoms with Crippen molar-refractivity contribution in [1.29, 1.82) is 0 Å². The molecule has 0 unspecified atom stereocenters. The van der Waals surface area contributed by atoms with Crippen molar-refractivity contribution in [3.05, 3.63) is 57.5 Å². The summed E-state index contributed by atoms with van der Waals surface area (Å²) >= 11 is 6.34. The molecule has 0 radical (unpaired) electrons. The van der Waals surface area contributed by atoms with Gasteiger partial charge in [-0.2, -0.15) is 5.10 Å². The lowest BCUT2D eigenvalue weighted by Crippen LogP contribution is -2.45. The Morgan fingerprint density at radius 2 is 1.89 bits per heavy atom. The number of nitrogens with zero attached hydrogens (tertiary/aromatic N) is 3. The Labute approximate surface area is 164 Å². The molecule has 3 rings (SSSR count). The van der Waals surface area contributed by atoms with E-state index in [-0.39, 0.29) is 22.4 Å². The van der Waals surface area contributed by atoms with Gasteiger partial charge < -0.3 is 4.90 Å². The highest BCUT2D eigenvalue weighted by Gasteiger charge is 2.25. The molecular weight excluding hydrogens is 388 g/mol. The summed E-state index contributed by atoms with van der Waals surface area (Å²) in [5.41, 5.74) is 1.24. The number of anilines is 1. The number of sulfonamides is 1. The number of rotatable bonds is 6. The fraction of sp³-hybridized carbons (Fsp3) is 0.444. The van der Waals surface area contributed by atoms with E-state index in [1.807, 2.05) is 35.2 Å². The largest absolute Gasteiger partial charge is 0.369 e. The average molecular weight is 411 g/mol. The van der Waals surface area contributed by atoms with Gasteiger partial charge in [0, 0.05) is 19.1 Å². The molecule has 2 heterocycles. The number of halogens is 1. The lowest BCUT2D eigenvalue weighted by atomic mass is 10.1. The normalized spacial score (nSPS) is 15.9. The Hall–Kier alpha value is -1.90. The van der Waals surface area contributed by atoms with Gasteiger partial charge >= 0.3 is 0 Å². The highest BCUT2D eigenvalue weighted by molar-refractivity contribution is 7.89. The molecule has 0 aliphatic carbocycles. The molecule has 0 saturated carbocycles. The smallest absolute Gasteiger partial charge is 0.287 e. The van der Waals surface area contributed by atoms with Crippen LogP contribution < -0.4 is 15.2 Å². The molecule has 7 nitrogen and oxygen atoms in total. The fourth-order valence-corrected chi connectivity index (χ4v) is 4.30. The maximum atomic E-state index is 12.6. The van der Waals surface area contributed by atoms with E-state index >= 15 is 0 Å². The lowest BCUT2D eigenvalue weighted by molar-refractivity contribution is 0.459. The highest BCUT2D eigenvalue weighted by Crippen LogP contribution is 2.25. The fourth-order valence-electron chi connectivity index (χ4n) is 3.12. The second-order valence-corrected chi connectivity index (χ2v) is 9.00. The van der Waals surface area contributed by atoms with Gasteiger partial charge in [-0.15, -0.1) is 0 Å². The summed E-state index contributed by atoms with van der Waals surface area (Å²) in [6.45, 7) is 3.20. The van der Waals surface area contributed by atoms with Crippen molar-refractivity contribution in [3.8, 4) is 0 Å². The van der Waals surface area contributed by atoms with E-state index in [9.17, 15) is 13.2 Å². The minimum absolute atomic E-state index is 0.0720. The second kappa shape index (κ2) is 8.41. The molecule has 1 aromatic carbocycles. The van der Waals surface area contributed by atoms with Crippen LogP contribution in [0.2, 0.25) is 5.02 Å². The molecule has 0 atom stereocenters. The summed E-state index contributed by atoms with van der Waals surface area (Å²) in [6.07, 6.45) is 2.93. The van der Waals surface area contributed by atoms with Crippen LogP contribution in [-0.4, -0.2) is 43.1 Å². The molecule has 1 saturated heterocycles. The van der Waals surface area contributed by atoms with E-state index in [0.717, 1.165) is 5.56 Å². The third-order valence-corrected chi connectivity index (χ3v) is 6.51. The van der Waals surface area contributed by atoms with Crippen LogP contribution in [0.15, 0.2) is 41.3 Å². The molecule has 0 spiro atoms. The molecular formula is C18H23ClN4O3S. The number of hydrogen-bond acceptors (Lipinski definition) is 5. The van der Waals surface area contributed by atoms with E-state index in [2.05, 4.69) is 9.82 Å². The van der Waals surface area contributed by atoms with E-state index in [1.54, 1.807) is 13.1 Å². The number of nitrogens with one attached hydrogen (secondary N) is 1. The van der Waals surface area contributed by atoms with Gasteiger partial charge in [-0.1, -0.05) is 41.9 Å². The molecule has 0 bridgehead atoms. The van der Waals surface area contributed by atoms with Crippen LogP contribution in [0.5, 0.6) is 0 Å². The van der Waals surface area contributed by atoms with Crippen molar-refractivity contribution in [3.63, 3.8) is 0 Å². The number of benzene rings is 1. The Morgan fingerprint density at radius 1 is 1.22 bits per heavy atom. The zero-order valence-electron chi connectivity index (χ0n) is 15.1. The third kappa shape index (κ3) is 4.88. The van der Waals surface area contributed by atoms with Gasteiger partial charge in [-0.3, -0.25) is 4.79 Å². The van der Waals surface area contributed by atoms with Gasteiger partial charge in [-0.25, -0.2) is 17.8 Å². The molecule has 1 aliphatic rings. The van der Waals surface area contributed by atoms with Gasteiger partial charge in [0.15, 0.2) is 0 Å². The van der Waals surface area contributed by atoms with Crippen LogP contribution in [0.25, 0.3) is 0 Å². The molecule has 1 N–H and O–H groups in total. The first-order valence-electron chi connectivity index (χ1n) is 8.94. The highest BCUT2D eigenvalue weighted by atomic mass is 35.5. The van der Waals surface area contributed by atoms with Crippen LogP contribution in [-0.2, 0) is 16.6 Å². The van der Waals surface area contributed by atoms with Crippen molar-refractivity contribution in [1.82, 2.24) is 14.5 Å². The van der Waals surface area contributed by atoms with Gasteiger partial charge in [-0.05, 0) is 25.3 Å². The van der Waals surface area contributed by atoms with Crippen LogP contribution in [0.3, 0.4) is 0 Å². The summed E-state index contributed by atoms with van der Waals surface area (Å²) in [7, 11) is -3.21. The zero-order chi connectivity index (χ0) is 19.4. The second-order valence-electron chi connectivity index (χ2n) is 6.57. The third-order valence-electron chi connectivity index (χ3n) is 4.70. The standard InChI is InChI=1S/C18H23ClN4O3S/c1-2-27(25,26)21-15-8-10-22(11-9-15)16-12-20-23(18(24)17(16)19)13-14-6-4-3-5-7-14/h3-7,12,15,21H,2,8-11,13H2,1H3. The van der Waals surface area contributed by atoms with Gasteiger partial charge in [0.05, 0.1) is 24.2 Å². The molecule has 1 fully saturated rings. The Morgan fingerprint density at radius 3 is 2.52 bits per heavy atom. The maximum absolute atomic E-state index is 12.6. The van der Waals surface area contributed by atoms with Crippen LogP contribution in [0, 0.1) is 0 Å². The van der Waals surface area contributed by atoms with Crippen molar-refractivity contribution in [2.75, 3.05) is 23.7 Å². The summed E-state index contributed by atoms with van der Waals surface area (Å²) in [5, 5.41) is 4.41. The SMILES string of the molecule is CCS(=O)(=O)NC1CCN(c2cnn(Cc3ccccc3)c(=O)c2Cl)CC1. The van der Waals surface area contributed by atoms with Crippen LogP contribution in [0.1, 0.15) is 25.3 Å². The lowest BCUT2D eigenvalue weighted by Gasteiger charge is -2.33. The first-order valence-corrected chi connectivity index (χ1v) is 11.0. The van der Waals surface area contributed by atoms with E-state index < -0.39 is 10.0 Å². The molecule has 2 aromatic rings. The molecule has 0 amide bonds. The monoisotopic (exact) mass is 410 g/mol. The average Bonchev–Trinajstić information content (AvgIpc) is 2.67. The number of hydrogen-bond donors (Lipinski definition) is 1. The Balaban J connectivity index is 1.70.